The first-order chi connectivity index (χ1) is 12.6. The summed E-state index contributed by atoms with van der Waals surface area (Å²) in [6.45, 7) is 23.8. The molecule has 3 aliphatic carbocycles. The zero-order valence-corrected chi connectivity index (χ0v) is 20.6. The summed E-state index contributed by atoms with van der Waals surface area (Å²) in [6.07, 6.45) is 11.9. The molecule has 0 aromatic heterocycles. The quantitative estimate of drug-likeness (QED) is 0.420. The van der Waals surface area contributed by atoms with Gasteiger partial charge in [0.05, 0.1) is 11.7 Å². The summed E-state index contributed by atoms with van der Waals surface area (Å²) in [7, 11) is 0. The zero-order chi connectivity index (χ0) is 21.1. The van der Waals surface area contributed by atoms with Crippen molar-refractivity contribution in [1.82, 2.24) is 0 Å². The van der Waals surface area contributed by atoms with Crippen LogP contribution in [0.25, 0.3) is 0 Å². The van der Waals surface area contributed by atoms with Gasteiger partial charge in [0.1, 0.15) is 0 Å². The summed E-state index contributed by atoms with van der Waals surface area (Å²) >= 11 is 0. The number of hydrogen-bond donors (Lipinski definition) is 0. The number of hydrogen-bond acceptors (Lipinski definition) is 1. The van der Waals surface area contributed by atoms with Crippen molar-refractivity contribution >= 4 is 0 Å². The van der Waals surface area contributed by atoms with Crippen LogP contribution in [0.2, 0.25) is 0 Å². The molecular formula is C27H48O. The van der Waals surface area contributed by atoms with E-state index < -0.39 is 0 Å². The minimum Gasteiger partial charge on any atom is -0.372 e. The molecule has 28 heavy (non-hydrogen) atoms. The molecule has 0 N–H and O–H groups in total. The molecule has 0 aromatic carbocycles. The van der Waals surface area contributed by atoms with Gasteiger partial charge in [0, 0.05) is 0 Å². The fourth-order valence-electron chi connectivity index (χ4n) is 7.19. The summed E-state index contributed by atoms with van der Waals surface area (Å²) in [5.41, 5.74) is 0.727. The first kappa shape index (κ1) is 22.4. The van der Waals surface area contributed by atoms with E-state index in [9.17, 15) is 0 Å². The lowest BCUT2D eigenvalue weighted by molar-refractivity contribution is -0.147. The number of rotatable bonds is 6. The van der Waals surface area contributed by atoms with Gasteiger partial charge in [0.15, 0.2) is 0 Å². The van der Waals surface area contributed by atoms with E-state index in [1.54, 1.807) is 0 Å². The molecule has 0 aromatic rings. The van der Waals surface area contributed by atoms with Crippen LogP contribution in [0.3, 0.4) is 0 Å². The molecule has 3 rings (SSSR count). The van der Waals surface area contributed by atoms with E-state index in [0.717, 1.165) is 42.4 Å². The average molecular weight is 389 g/mol. The van der Waals surface area contributed by atoms with E-state index in [0.29, 0.717) is 16.9 Å². The summed E-state index contributed by atoms with van der Waals surface area (Å²) in [4.78, 5) is 0. The van der Waals surface area contributed by atoms with Crippen LogP contribution in [0.5, 0.6) is 0 Å². The summed E-state index contributed by atoms with van der Waals surface area (Å²) in [6, 6.07) is 0. The molecule has 162 valence electrons. The van der Waals surface area contributed by atoms with Crippen molar-refractivity contribution in [2.24, 2.45) is 45.8 Å². The molecule has 0 heterocycles. The van der Waals surface area contributed by atoms with Crippen molar-refractivity contribution in [1.29, 1.82) is 0 Å². The SMILES string of the molecule is CC(C)(C)CC(OC(C)(C)CC(C)(C)C1CC2CC1C1CC=CC21)C(C)(C)C. The molecule has 6 unspecified atom stereocenters. The van der Waals surface area contributed by atoms with Gasteiger partial charge in [0.25, 0.3) is 0 Å². The molecule has 0 amide bonds. The number of fused-ring (bicyclic) bond motifs is 5. The van der Waals surface area contributed by atoms with Crippen molar-refractivity contribution < 1.29 is 4.74 Å². The highest BCUT2D eigenvalue weighted by Gasteiger charge is 2.56. The molecule has 0 saturated heterocycles. The van der Waals surface area contributed by atoms with Gasteiger partial charge in [0.2, 0.25) is 0 Å². The third-order valence-electron chi connectivity index (χ3n) is 8.11. The Morgan fingerprint density at radius 3 is 2.11 bits per heavy atom. The monoisotopic (exact) mass is 388 g/mol. The van der Waals surface area contributed by atoms with Crippen molar-refractivity contribution in [3.8, 4) is 0 Å². The number of allylic oxidation sites excluding steroid dienone is 2. The Kier molecular flexibility index (Phi) is 5.71. The highest BCUT2D eigenvalue weighted by Crippen LogP contribution is 2.63. The third kappa shape index (κ3) is 4.71. The molecular weight excluding hydrogens is 340 g/mol. The molecule has 1 nitrogen and oxygen atoms in total. The second kappa shape index (κ2) is 7.14. The first-order valence-electron chi connectivity index (χ1n) is 11.9. The first-order valence-corrected chi connectivity index (χ1v) is 11.9. The van der Waals surface area contributed by atoms with Crippen molar-refractivity contribution in [2.75, 3.05) is 0 Å². The van der Waals surface area contributed by atoms with Crippen LogP contribution in [0.15, 0.2) is 12.2 Å². The van der Waals surface area contributed by atoms with Crippen LogP contribution in [-0.4, -0.2) is 11.7 Å². The minimum atomic E-state index is -0.0815. The van der Waals surface area contributed by atoms with Gasteiger partial charge >= 0.3 is 0 Å². The fourth-order valence-corrected chi connectivity index (χ4v) is 7.19. The maximum absolute atomic E-state index is 6.93. The summed E-state index contributed by atoms with van der Waals surface area (Å²) < 4.78 is 6.93. The molecule has 0 spiro atoms. The zero-order valence-electron chi connectivity index (χ0n) is 20.6. The van der Waals surface area contributed by atoms with Crippen LogP contribution >= 0.6 is 0 Å². The van der Waals surface area contributed by atoms with Crippen LogP contribution in [0, 0.1) is 45.8 Å². The van der Waals surface area contributed by atoms with E-state index in [2.05, 4.69) is 81.4 Å². The fraction of sp³-hybridized carbons (Fsp3) is 0.926. The van der Waals surface area contributed by atoms with Gasteiger partial charge < -0.3 is 4.74 Å². The Hall–Kier alpha value is -0.300. The third-order valence-corrected chi connectivity index (χ3v) is 8.11. The summed E-state index contributed by atoms with van der Waals surface area (Å²) in [5, 5.41) is 0. The van der Waals surface area contributed by atoms with Gasteiger partial charge in [-0.05, 0) is 91.8 Å². The van der Waals surface area contributed by atoms with Crippen molar-refractivity contribution in [3.05, 3.63) is 12.2 Å². The van der Waals surface area contributed by atoms with Gasteiger partial charge in [-0.25, -0.2) is 0 Å². The predicted molar refractivity (Wildman–Crippen MR) is 121 cm³/mol. The Morgan fingerprint density at radius 1 is 0.893 bits per heavy atom. The normalized spacial score (nSPS) is 34.1. The molecule has 3 aliphatic rings. The van der Waals surface area contributed by atoms with Gasteiger partial charge in [-0.15, -0.1) is 0 Å². The van der Waals surface area contributed by atoms with Crippen LogP contribution in [0.4, 0.5) is 0 Å². The smallest absolute Gasteiger partial charge is 0.0635 e. The van der Waals surface area contributed by atoms with Crippen LogP contribution in [0.1, 0.15) is 101 Å². The second-order valence-electron chi connectivity index (χ2n) is 14.1. The Labute approximate surface area is 176 Å². The van der Waals surface area contributed by atoms with Crippen LogP contribution in [-0.2, 0) is 4.74 Å². The molecule has 6 atom stereocenters. The molecule has 2 bridgehead atoms. The van der Waals surface area contributed by atoms with E-state index >= 15 is 0 Å². The van der Waals surface area contributed by atoms with E-state index in [4.69, 9.17) is 4.74 Å². The lowest BCUT2D eigenvalue weighted by atomic mass is 9.62. The topological polar surface area (TPSA) is 9.23 Å². The Bertz CT molecular complexity index is 582. The van der Waals surface area contributed by atoms with E-state index in [1.807, 2.05) is 0 Å². The largest absolute Gasteiger partial charge is 0.372 e. The second-order valence-corrected chi connectivity index (χ2v) is 14.1. The lowest BCUT2D eigenvalue weighted by Gasteiger charge is -2.47. The van der Waals surface area contributed by atoms with E-state index in [1.165, 1.54) is 19.3 Å². The molecule has 0 radical (unpaired) electrons. The summed E-state index contributed by atoms with van der Waals surface area (Å²) in [5.74, 6) is 4.65. The molecule has 1 heteroatoms. The molecule has 2 fully saturated rings. The van der Waals surface area contributed by atoms with E-state index in [-0.39, 0.29) is 11.0 Å². The lowest BCUT2D eigenvalue weighted by Crippen LogP contribution is -2.45. The Balaban J connectivity index is 1.68. The van der Waals surface area contributed by atoms with Crippen molar-refractivity contribution in [3.63, 3.8) is 0 Å². The highest BCUT2D eigenvalue weighted by atomic mass is 16.5. The highest BCUT2D eigenvalue weighted by molar-refractivity contribution is 5.15. The molecule has 0 aliphatic heterocycles. The number of ether oxygens (including phenoxy) is 1. The predicted octanol–water partition coefficient (Wildman–Crippen LogP) is 7.90. The van der Waals surface area contributed by atoms with Gasteiger partial charge in [-0.1, -0.05) is 67.5 Å². The van der Waals surface area contributed by atoms with Crippen LogP contribution < -0.4 is 0 Å². The van der Waals surface area contributed by atoms with Gasteiger partial charge in [-0.3, -0.25) is 0 Å². The standard InChI is InChI=1S/C27H48O/c1-24(2,3)16-23(25(4,5)6)28-27(9,10)17-26(7,8)22-15-18-14-21(22)20-13-11-12-19(18)20/h11-12,18-23H,13-17H2,1-10H3. The minimum absolute atomic E-state index is 0.0815. The van der Waals surface area contributed by atoms with Crippen molar-refractivity contribution in [2.45, 2.75) is 113 Å². The maximum Gasteiger partial charge on any atom is 0.0635 e. The molecule has 2 saturated carbocycles. The van der Waals surface area contributed by atoms with Gasteiger partial charge in [-0.2, -0.15) is 0 Å². The average Bonchev–Trinajstić information content (AvgIpc) is 3.15. The Morgan fingerprint density at radius 2 is 1.54 bits per heavy atom. The maximum atomic E-state index is 6.93.